The molecule has 0 aliphatic carbocycles. The van der Waals surface area contributed by atoms with Gasteiger partial charge in [0.05, 0.1) is 0 Å². The van der Waals surface area contributed by atoms with Gasteiger partial charge in [-0.15, -0.1) is 25.5 Å². The minimum absolute atomic E-state index is 0. The molecule has 0 radical (unpaired) electrons. The van der Waals surface area contributed by atoms with Crippen LogP contribution in [0, 0.1) is 6.07 Å². The van der Waals surface area contributed by atoms with Gasteiger partial charge in [-0.3, -0.25) is 0 Å². The predicted molar refractivity (Wildman–Crippen MR) is 85.2 cm³/mol. The van der Waals surface area contributed by atoms with Crippen molar-refractivity contribution in [1.29, 1.82) is 0 Å². The SMILES string of the molecule is C1C[N-]CCCNCCCNC1.Cl.[Ti+2].[c-]1ccccc1. The molecular weight excluding hydrogens is 306 g/mol. The van der Waals surface area contributed by atoms with Crippen molar-refractivity contribution in [3.05, 3.63) is 41.7 Å². The van der Waals surface area contributed by atoms with Gasteiger partial charge in [0, 0.05) is 0 Å². The maximum Gasteiger partial charge on any atom is 2.00 e. The first-order valence-electron chi connectivity index (χ1n) is 6.96. The van der Waals surface area contributed by atoms with E-state index in [9.17, 15) is 0 Å². The Morgan fingerprint density at radius 2 is 1.25 bits per heavy atom. The minimum atomic E-state index is 0. The third-order valence-corrected chi connectivity index (χ3v) is 2.65. The zero-order valence-electron chi connectivity index (χ0n) is 12.1. The Balaban J connectivity index is 0. The number of nitrogens with zero attached hydrogens (tertiary/aromatic N) is 1. The molecule has 1 saturated heterocycles. The van der Waals surface area contributed by atoms with Gasteiger partial charge in [-0.25, -0.2) is 0 Å². The minimum Gasteiger partial charge on any atom is -0.662 e. The van der Waals surface area contributed by atoms with Gasteiger partial charge in [0.2, 0.25) is 0 Å². The molecule has 1 heterocycles. The maximum atomic E-state index is 4.42. The number of hydrogen-bond donors (Lipinski definition) is 2. The van der Waals surface area contributed by atoms with Crippen molar-refractivity contribution < 1.29 is 21.7 Å². The van der Waals surface area contributed by atoms with Gasteiger partial charge in [-0.05, 0) is 32.6 Å². The van der Waals surface area contributed by atoms with Crippen LogP contribution >= 0.6 is 12.4 Å². The molecule has 112 valence electrons. The van der Waals surface area contributed by atoms with E-state index in [1.807, 2.05) is 30.3 Å². The van der Waals surface area contributed by atoms with Gasteiger partial charge in [-0.1, -0.05) is 12.8 Å². The Morgan fingerprint density at radius 3 is 1.65 bits per heavy atom. The van der Waals surface area contributed by atoms with E-state index in [0.29, 0.717) is 0 Å². The van der Waals surface area contributed by atoms with E-state index >= 15 is 0 Å². The number of halogens is 1. The van der Waals surface area contributed by atoms with Crippen molar-refractivity contribution in [3.8, 4) is 0 Å². The molecule has 0 spiro atoms. The molecule has 0 unspecified atom stereocenters. The van der Waals surface area contributed by atoms with Crippen molar-refractivity contribution in [1.82, 2.24) is 10.6 Å². The van der Waals surface area contributed by atoms with Gasteiger partial charge < -0.3 is 16.0 Å². The Labute approximate surface area is 145 Å². The first kappa shape index (κ1) is 22.4. The molecule has 0 atom stereocenters. The van der Waals surface area contributed by atoms with E-state index in [2.05, 4.69) is 22.0 Å². The van der Waals surface area contributed by atoms with Gasteiger partial charge >= 0.3 is 21.7 Å². The fraction of sp³-hybridized carbons (Fsp3) is 0.600. The summed E-state index contributed by atoms with van der Waals surface area (Å²) in [4.78, 5) is 0. The van der Waals surface area contributed by atoms with Crippen LogP contribution in [0.2, 0.25) is 0 Å². The molecule has 1 aromatic rings. The van der Waals surface area contributed by atoms with Crippen LogP contribution in [-0.4, -0.2) is 39.3 Å². The third kappa shape index (κ3) is 16.2. The van der Waals surface area contributed by atoms with Crippen LogP contribution in [0.5, 0.6) is 0 Å². The summed E-state index contributed by atoms with van der Waals surface area (Å²) in [6.45, 7) is 6.62. The molecule has 1 aromatic carbocycles. The topological polar surface area (TPSA) is 38.2 Å². The monoisotopic (exact) mass is 331 g/mol. The van der Waals surface area contributed by atoms with E-state index in [1.54, 1.807) is 0 Å². The molecule has 2 rings (SSSR count). The van der Waals surface area contributed by atoms with Crippen LogP contribution in [0.1, 0.15) is 19.3 Å². The van der Waals surface area contributed by atoms with Gasteiger partial charge in [0.15, 0.2) is 0 Å². The van der Waals surface area contributed by atoms with E-state index in [-0.39, 0.29) is 34.1 Å². The predicted octanol–water partition coefficient (Wildman–Crippen LogP) is 2.63. The molecule has 1 aliphatic rings. The summed E-state index contributed by atoms with van der Waals surface area (Å²) >= 11 is 0. The normalized spacial score (nSPS) is 16.8. The molecule has 2 N–H and O–H groups in total. The maximum absolute atomic E-state index is 4.42. The smallest absolute Gasteiger partial charge is 0.662 e. The van der Waals surface area contributed by atoms with Gasteiger partial charge in [0.1, 0.15) is 0 Å². The van der Waals surface area contributed by atoms with Crippen LogP contribution in [0.15, 0.2) is 30.3 Å². The molecule has 0 amide bonds. The van der Waals surface area contributed by atoms with Crippen LogP contribution in [0.25, 0.3) is 5.32 Å². The molecule has 3 nitrogen and oxygen atoms in total. The summed E-state index contributed by atoms with van der Waals surface area (Å²) in [5, 5.41) is 11.2. The molecule has 0 saturated carbocycles. The second-order valence-electron chi connectivity index (χ2n) is 4.31. The largest absolute Gasteiger partial charge is 2.00 e. The Bertz CT molecular complexity index is 193. The third-order valence-electron chi connectivity index (χ3n) is 2.65. The van der Waals surface area contributed by atoms with Crippen molar-refractivity contribution in [2.45, 2.75) is 19.3 Å². The Hall–Kier alpha value is 0.104. The van der Waals surface area contributed by atoms with Crippen LogP contribution in [-0.2, 0) is 21.7 Å². The fourth-order valence-electron chi connectivity index (χ4n) is 1.67. The molecule has 1 fully saturated rings. The molecule has 20 heavy (non-hydrogen) atoms. The van der Waals surface area contributed by atoms with E-state index < -0.39 is 0 Å². The number of hydrogen-bond acceptors (Lipinski definition) is 2. The van der Waals surface area contributed by atoms with E-state index in [4.69, 9.17) is 0 Å². The van der Waals surface area contributed by atoms with Crippen LogP contribution in [0.4, 0.5) is 0 Å². The fourth-order valence-corrected chi connectivity index (χ4v) is 1.67. The zero-order valence-corrected chi connectivity index (χ0v) is 14.5. The van der Waals surface area contributed by atoms with Gasteiger partial charge in [0.25, 0.3) is 0 Å². The van der Waals surface area contributed by atoms with Crippen molar-refractivity contribution in [2.24, 2.45) is 0 Å². The number of rotatable bonds is 0. The van der Waals surface area contributed by atoms with Crippen molar-refractivity contribution >= 4 is 12.4 Å². The second-order valence-corrected chi connectivity index (χ2v) is 4.31. The quantitative estimate of drug-likeness (QED) is 0.566. The molecule has 5 heteroatoms. The van der Waals surface area contributed by atoms with Gasteiger partial charge in [-0.2, -0.15) is 36.4 Å². The first-order valence-corrected chi connectivity index (χ1v) is 6.96. The second kappa shape index (κ2) is 19.1. The number of benzene rings is 1. The average Bonchev–Trinajstić information content (AvgIpc) is 2.42. The molecular formula is C15H26ClN3Ti. The van der Waals surface area contributed by atoms with Crippen LogP contribution in [0.3, 0.4) is 0 Å². The average molecular weight is 332 g/mol. The molecule has 0 aromatic heterocycles. The summed E-state index contributed by atoms with van der Waals surface area (Å²) in [7, 11) is 0. The first-order chi connectivity index (χ1) is 9.00. The Kier molecular flexibility index (Phi) is 21.4. The van der Waals surface area contributed by atoms with Crippen molar-refractivity contribution in [3.63, 3.8) is 0 Å². The van der Waals surface area contributed by atoms with E-state index in [1.165, 1.54) is 19.3 Å². The number of nitrogens with one attached hydrogen (secondary N) is 2. The summed E-state index contributed by atoms with van der Waals surface area (Å²) in [5.41, 5.74) is 0. The van der Waals surface area contributed by atoms with Crippen LogP contribution < -0.4 is 10.6 Å². The summed E-state index contributed by atoms with van der Waals surface area (Å²) in [6, 6.07) is 12.5. The molecule has 1 aliphatic heterocycles. The summed E-state index contributed by atoms with van der Waals surface area (Å²) in [5.74, 6) is 0. The van der Waals surface area contributed by atoms with Crippen molar-refractivity contribution in [2.75, 3.05) is 39.3 Å². The summed E-state index contributed by atoms with van der Waals surface area (Å²) in [6.07, 6.45) is 3.65. The molecule has 0 bridgehead atoms. The summed E-state index contributed by atoms with van der Waals surface area (Å²) < 4.78 is 0. The zero-order chi connectivity index (χ0) is 12.7. The Morgan fingerprint density at radius 1 is 0.750 bits per heavy atom. The van der Waals surface area contributed by atoms with E-state index in [0.717, 1.165) is 39.3 Å². The standard InChI is InChI=1S/C9H20N3.C6H5.ClH.Ti/c1-4-10-6-2-8-12-9-3-7-11-5-1;1-2-4-6-5-3-1;;/h10-11H,1-9H2;1-5H;1H;/q2*-1;;+2.